The average Bonchev–Trinajstić information content (AvgIpc) is 3.09. The van der Waals surface area contributed by atoms with Crippen LogP contribution in [0.3, 0.4) is 0 Å². The van der Waals surface area contributed by atoms with E-state index in [1.807, 2.05) is 50.2 Å². The molecule has 28 heavy (non-hydrogen) atoms. The molecule has 3 aromatic heterocycles. The van der Waals surface area contributed by atoms with Gasteiger partial charge in [0.2, 0.25) is 0 Å². The molecule has 0 atom stereocenters. The molecule has 0 aliphatic rings. The van der Waals surface area contributed by atoms with Crippen LogP contribution in [0.1, 0.15) is 25.9 Å². The molecule has 0 aliphatic heterocycles. The smallest absolute Gasteiger partial charge is 0.351 e. The van der Waals surface area contributed by atoms with Gasteiger partial charge < -0.3 is 4.74 Å². The molecule has 0 saturated heterocycles. The Kier molecular flexibility index (Phi) is 4.75. The van der Waals surface area contributed by atoms with Crippen molar-refractivity contribution in [3.05, 3.63) is 86.2 Å². The molecule has 0 spiro atoms. The number of rotatable bonds is 4. The van der Waals surface area contributed by atoms with Gasteiger partial charge in [-0.2, -0.15) is 0 Å². The molecule has 3 heterocycles. The molecule has 0 bridgehead atoms. The van der Waals surface area contributed by atoms with Gasteiger partial charge in [-0.25, -0.2) is 14.8 Å². The average molecular weight is 391 g/mol. The number of nitrogens with zero attached hydrogens (tertiary/aromatic N) is 3. The normalized spacial score (nSPS) is 10.9. The number of benzene rings is 1. The Morgan fingerprint density at radius 3 is 2.68 bits per heavy atom. The van der Waals surface area contributed by atoms with Crippen molar-refractivity contribution in [3.63, 3.8) is 0 Å². The van der Waals surface area contributed by atoms with E-state index >= 15 is 0 Å². The highest BCUT2D eigenvalue weighted by atomic mass is 32.1. The van der Waals surface area contributed by atoms with E-state index in [0.29, 0.717) is 21.9 Å². The van der Waals surface area contributed by atoms with Gasteiger partial charge >= 0.3 is 5.97 Å². The SMILES string of the molecule is Cc1nc(-c2ccccc2)c(C(=O)OCc2cc(=O)n3cccc(C)c3n2)s1. The molecule has 0 fully saturated rings. The largest absolute Gasteiger partial charge is 0.455 e. The van der Waals surface area contributed by atoms with Gasteiger partial charge in [-0.1, -0.05) is 36.4 Å². The molecule has 4 aromatic rings. The molecule has 0 amide bonds. The summed E-state index contributed by atoms with van der Waals surface area (Å²) in [6, 6.07) is 14.6. The number of fused-ring (bicyclic) bond motifs is 1. The number of aromatic nitrogens is 3. The predicted octanol–water partition coefficient (Wildman–Crippen LogP) is 3.79. The molecule has 0 aliphatic carbocycles. The molecule has 0 radical (unpaired) electrons. The minimum absolute atomic E-state index is 0.0793. The van der Waals surface area contributed by atoms with Crippen LogP contribution in [0.5, 0.6) is 0 Å². The second-order valence-corrected chi connectivity index (χ2v) is 7.53. The second-order valence-electron chi connectivity index (χ2n) is 6.32. The molecule has 7 heteroatoms. The van der Waals surface area contributed by atoms with Crippen molar-refractivity contribution in [3.8, 4) is 11.3 Å². The number of hydrogen-bond acceptors (Lipinski definition) is 6. The Morgan fingerprint density at radius 2 is 1.89 bits per heavy atom. The van der Waals surface area contributed by atoms with Crippen molar-refractivity contribution in [1.82, 2.24) is 14.4 Å². The van der Waals surface area contributed by atoms with Crippen molar-refractivity contribution in [2.24, 2.45) is 0 Å². The molecule has 140 valence electrons. The fraction of sp³-hybridized carbons (Fsp3) is 0.143. The van der Waals surface area contributed by atoms with E-state index in [1.165, 1.54) is 21.8 Å². The monoisotopic (exact) mass is 391 g/mol. The quantitative estimate of drug-likeness (QED) is 0.495. The van der Waals surface area contributed by atoms with E-state index in [4.69, 9.17) is 4.74 Å². The number of hydrogen-bond donors (Lipinski definition) is 0. The first-order valence-electron chi connectivity index (χ1n) is 8.71. The van der Waals surface area contributed by atoms with Gasteiger partial charge in [0.05, 0.1) is 16.4 Å². The van der Waals surface area contributed by atoms with Gasteiger partial charge in [0.15, 0.2) is 0 Å². The molecule has 1 aromatic carbocycles. The molecular formula is C21H17N3O3S. The van der Waals surface area contributed by atoms with E-state index in [9.17, 15) is 9.59 Å². The zero-order chi connectivity index (χ0) is 19.7. The van der Waals surface area contributed by atoms with Crippen molar-refractivity contribution < 1.29 is 9.53 Å². The topological polar surface area (TPSA) is 73.6 Å². The standard InChI is InChI=1S/C21H17N3O3S/c1-13-7-6-10-24-17(25)11-16(23-20(13)24)12-27-21(26)19-18(22-14(2)28-19)15-8-4-3-5-9-15/h3-11H,12H2,1-2H3. The first kappa shape index (κ1) is 18.1. The summed E-state index contributed by atoms with van der Waals surface area (Å²) < 4.78 is 6.93. The van der Waals surface area contributed by atoms with E-state index in [0.717, 1.165) is 16.1 Å². The first-order chi connectivity index (χ1) is 13.5. The predicted molar refractivity (Wildman–Crippen MR) is 108 cm³/mol. The number of aryl methyl sites for hydroxylation is 2. The number of carbonyl (C=O) groups excluding carboxylic acids is 1. The van der Waals surface area contributed by atoms with Crippen LogP contribution < -0.4 is 5.56 Å². The lowest BCUT2D eigenvalue weighted by Gasteiger charge is -2.07. The van der Waals surface area contributed by atoms with Crippen LogP contribution in [0.4, 0.5) is 0 Å². The maximum atomic E-state index is 12.7. The minimum Gasteiger partial charge on any atom is -0.455 e. The van der Waals surface area contributed by atoms with Crippen molar-refractivity contribution in [1.29, 1.82) is 0 Å². The second kappa shape index (κ2) is 7.36. The number of ether oxygens (including phenoxy) is 1. The van der Waals surface area contributed by atoms with E-state index in [1.54, 1.807) is 12.3 Å². The minimum atomic E-state index is -0.476. The summed E-state index contributed by atoms with van der Waals surface area (Å²) in [5.74, 6) is -0.476. The number of esters is 1. The number of carbonyl (C=O) groups is 1. The van der Waals surface area contributed by atoms with Gasteiger partial charge in [0, 0.05) is 17.8 Å². The fourth-order valence-electron chi connectivity index (χ4n) is 2.94. The molecule has 4 rings (SSSR count). The third-order valence-electron chi connectivity index (χ3n) is 4.26. The van der Waals surface area contributed by atoms with Gasteiger partial charge in [-0.3, -0.25) is 9.20 Å². The Bertz CT molecular complexity index is 1230. The number of thiazole rings is 1. The Hall–Kier alpha value is -3.32. The lowest BCUT2D eigenvalue weighted by atomic mass is 10.1. The van der Waals surface area contributed by atoms with Crippen LogP contribution in [-0.4, -0.2) is 20.3 Å². The summed E-state index contributed by atoms with van der Waals surface area (Å²) in [5.41, 5.74) is 3.09. The van der Waals surface area contributed by atoms with Crippen LogP contribution >= 0.6 is 11.3 Å². The lowest BCUT2D eigenvalue weighted by molar-refractivity contribution is 0.0474. The van der Waals surface area contributed by atoms with E-state index in [2.05, 4.69) is 9.97 Å². The summed E-state index contributed by atoms with van der Waals surface area (Å²) in [6.07, 6.45) is 1.67. The first-order valence-corrected chi connectivity index (χ1v) is 9.52. The molecule has 6 nitrogen and oxygen atoms in total. The Labute approximate surface area is 165 Å². The maximum absolute atomic E-state index is 12.7. The molecular weight excluding hydrogens is 374 g/mol. The molecule has 0 unspecified atom stereocenters. The number of pyridine rings is 1. The third kappa shape index (κ3) is 3.44. The summed E-state index contributed by atoms with van der Waals surface area (Å²) in [4.78, 5) is 34.3. The highest BCUT2D eigenvalue weighted by Crippen LogP contribution is 2.28. The summed E-state index contributed by atoms with van der Waals surface area (Å²) in [6.45, 7) is 3.65. The van der Waals surface area contributed by atoms with Gasteiger partial charge in [-0.15, -0.1) is 11.3 Å². The van der Waals surface area contributed by atoms with Gasteiger partial charge in [0.25, 0.3) is 5.56 Å². The fourth-order valence-corrected chi connectivity index (χ4v) is 3.78. The molecule has 0 saturated carbocycles. The van der Waals surface area contributed by atoms with Crippen LogP contribution in [0.15, 0.2) is 59.5 Å². The summed E-state index contributed by atoms with van der Waals surface area (Å²) in [5, 5.41) is 0.781. The van der Waals surface area contributed by atoms with Crippen LogP contribution in [0.2, 0.25) is 0 Å². The van der Waals surface area contributed by atoms with E-state index < -0.39 is 5.97 Å². The highest BCUT2D eigenvalue weighted by molar-refractivity contribution is 7.14. The van der Waals surface area contributed by atoms with Crippen LogP contribution in [0, 0.1) is 13.8 Å². The summed E-state index contributed by atoms with van der Waals surface area (Å²) in [7, 11) is 0. The maximum Gasteiger partial charge on any atom is 0.351 e. The van der Waals surface area contributed by atoms with Crippen LogP contribution in [0.25, 0.3) is 16.9 Å². The Balaban J connectivity index is 1.60. The van der Waals surface area contributed by atoms with E-state index in [-0.39, 0.29) is 12.2 Å². The van der Waals surface area contributed by atoms with Gasteiger partial charge in [-0.05, 0) is 25.5 Å². The zero-order valence-corrected chi connectivity index (χ0v) is 16.2. The van der Waals surface area contributed by atoms with Crippen molar-refractivity contribution in [2.45, 2.75) is 20.5 Å². The zero-order valence-electron chi connectivity index (χ0n) is 15.4. The Morgan fingerprint density at radius 1 is 1.11 bits per heavy atom. The van der Waals surface area contributed by atoms with Crippen LogP contribution in [-0.2, 0) is 11.3 Å². The van der Waals surface area contributed by atoms with Gasteiger partial charge in [0.1, 0.15) is 17.1 Å². The lowest BCUT2D eigenvalue weighted by Crippen LogP contribution is -2.17. The molecule has 0 N–H and O–H groups in total. The highest BCUT2D eigenvalue weighted by Gasteiger charge is 2.20. The third-order valence-corrected chi connectivity index (χ3v) is 5.21. The van der Waals surface area contributed by atoms with Crippen molar-refractivity contribution in [2.75, 3.05) is 0 Å². The van der Waals surface area contributed by atoms with Crippen molar-refractivity contribution >= 4 is 23.0 Å². The summed E-state index contributed by atoms with van der Waals surface area (Å²) >= 11 is 1.29.